The summed E-state index contributed by atoms with van der Waals surface area (Å²) in [5.74, 6) is 0.631. The van der Waals surface area contributed by atoms with Crippen molar-refractivity contribution < 1.29 is 9.53 Å². The maximum absolute atomic E-state index is 11.6. The minimum absolute atomic E-state index is 0.364. The average Bonchev–Trinajstić information content (AvgIpc) is 2.84. The van der Waals surface area contributed by atoms with Gasteiger partial charge >= 0.3 is 6.03 Å². The van der Waals surface area contributed by atoms with Gasteiger partial charge in [0.1, 0.15) is 5.75 Å². The van der Waals surface area contributed by atoms with Gasteiger partial charge in [-0.2, -0.15) is 0 Å². The van der Waals surface area contributed by atoms with Gasteiger partial charge in [-0.05, 0) is 31.2 Å². The fourth-order valence-corrected chi connectivity index (χ4v) is 2.00. The van der Waals surface area contributed by atoms with Crippen LogP contribution in [0.5, 0.6) is 5.75 Å². The molecule has 5 nitrogen and oxygen atoms in total. The predicted molar refractivity (Wildman–Crippen MR) is 75.8 cm³/mol. The molecule has 0 aliphatic carbocycles. The topological polar surface area (TPSA) is 63.2 Å². The van der Waals surface area contributed by atoms with Crippen LogP contribution >= 0.6 is 22.9 Å². The molecule has 0 radical (unpaired) electrons. The van der Waals surface area contributed by atoms with Gasteiger partial charge in [0.25, 0.3) is 0 Å². The number of nitrogens with one attached hydrogen (secondary N) is 2. The van der Waals surface area contributed by atoms with Gasteiger partial charge in [-0.1, -0.05) is 11.6 Å². The van der Waals surface area contributed by atoms with Crippen molar-refractivity contribution >= 4 is 34.1 Å². The smallest absolute Gasteiger partial charge is 0.323 e. The van der Waals surface area contributed by atoms with E-state index in [4.69, 9.17) is 16.3 Å². The van der Waals surface area contributed by atoms with Crippen molar-refractivity contribution in [3.05, 3.63) is 40.9 Å². The molecular formula is C12H12ClN3O2S. The molecule has 2 rings (SSSR count). The van der Waals surface area contributed by atoms with Crippen LogP contribution in [-0.2, 0) is 0 Å². The molecule has 100 valence electrons. The van der Waals surface area contributed by atoms with E-state index >= 15 is 0 Å². The van der Waals surface area contributed by atoms with Gasteiger partial charge in [0, 0.05) is 16.6 Å². The van der Waals surface area contributed by atoms with Crippen LogP contribution in [0.1, 0.15) is 6.92 Å². The molecule has 0 saturated carbocycles. The van der Waals surface area contributed by atoms with Crippen LogP contribution in [0, 0.1) is 0 Å². The first-order chi connectivity index (χ1) is 9.13. The van der Waals surface area contributed by atoms with E-state index < -0.39 is 6.23 Å². The van der Waals surface area contributed by atoms with Gasteiger partial charge in [0.15, 0.2) is 11.4 Å². The highest BCUT2D eigenvalue weighted by atomic mass is 35.5. The summed E-state index contributed by atoms with van der Waals surface area (Å²) in [5, 5.41) is 8.20. The Labute approximate surface area is 119 Å². The molecular weight excluding hydrogens is 286 g/mol. The van der Waals surface area contributed by atoms with E-state index in [1.807, 2.05) is 0 Å². The van der Waals surface area contributed by atoms with E-state index in [0.29, 0.717) is 15.9 Å². The highest BCUT2D eigenvalue weighted by Gasteiger charge is 2.09. The lowest BCUT2D eigenvalue weighted by Gasteiger charge is -2.16. The second kappa shape index (κ2) is 6.40. The molecule has 0 saturated heterocycles. The Morgan fingerprint density at radius 3 is 2.79 bits per heavy atom. The maximum Gasteiger partial charge on any atom is 0.323 e. The number of carbonyl (C=O) groups excluding carboxylic acids is 1. The first-order valence-corrected chi connectivity index (χ1v) is 6.78. The van der Waals surface area contributed by atoms with Crippen LogP contribution in [0.15, 0.2) is 35.8 Å². The summed E-state index contributed by atoms with van der Waals surface area (Å²) in [6, 6.07) is 6.55. The molecule has 0 spiro atoms. The number of nitrogens with zero attached hydrogens (tertiary/aromatic N) is 1. The van der Waals surface area contributed by atoms with Gasteiger partial charge in [-0.15, -0.1) is 11.3 Å². The Hall–Kier alpha value is -1.79. The molecule has 1 heterocycles. The third-order valence-corrected chi connectivity index (χ3v) is 3.05. The lowest BCUT2D eigenvalue weighted by molar-refractivity contribution is 0.183. The van der Waals surface area contributed by atoms with Crippen molar-refractivity contribution in [3.8, 4) is 5.75 Å². The van der Waals surface area contributed by atoms with Crippen molar-refractivity contribution in [3.63, 3.8) is 0 Å². The number of carbonyl (C=O) groups is 1. The Balaban J connectivity index is 1.82. The number of thiazole rings is 1. The third-order valence-electron chi connectivity index (χ3n) is 2.11. The lowest BCUT2D eigenvalue weighted by atomic mass is 10.3. The molecule has 1 atom stereocenters. The van der Waals surface area contributed by atoms with Gasteiger partial charge < -0.3 is 10.1 Å². The highest BCUT2D eigenvalue weighted by molar-refractivity contribution is 7.13. The van der Waals surface area contributed by atoms with Crippen LogP contribution in [0.2, 0.25) is 5.02 Å². The Kier molecular flexibility index (Phi) is 4.59. The molecule has 1 aromatic carbocycles. The number of urea groups is 1. The Morgan fingerprint density at radius 1 is 1.42 bits per heavy atom. The van der Waals surface area contributed by atoms with Gasteiger partial charge in [-0.25, -0.2) is 9.78 Å². The van der Waals surface area contributed by atoms with Crippen molar-refractivity contribution in [2.75, 3.05) is 5.32 Å². The zero-order valence-electron chi connectivity index (χ0n) is 10.1. The second-order valence-electron chi connectivity index (χ2n) is 3.65. The summed E-state index contributed by atoms with van der Waals surface area (Å²) in [5.41, 5.74) is 0. The number of amides is 2. The monoisotopic (exact) mass is 297 g/mol. The highest BCUT2D eigenvalue weighted by Crippen LogP contribution is 2.16. The summed E-state index contributed by atoms with van der Waals surface area (Å²) in [6.07, 6.45) is 1.15. The summed E-state index contributed by atoms with van der Waals surface area (Å²) in [6.45, 7) is 1.73. The van der Waals surface area contributed by atoms with Crippen LogP contribution < -0.4 is 15.4 Å². The van der Waals surface area contributed by atoms with E-state index in [0.717, 1.165) is 0 Å². The molecule has 0 aliphatic rings. The zero-order chi connectivity index (χ0) is 13.7. The first kappa shape index (κ1) is 13.6. The minimum Gasteiger partial charge on any atom is -0.471 e. The maximum atomic E-state index is 11.6. The number of ether oxygens (including phenoxy) is 1. The number of aromatic nitrogens is 1. The number of hydrogen-bond donors (Lipinski definition) is 2. The van der Waals surface area contributed by atoms with Crippen LogP contribution in [0.25, 0.3) is 0 Å². The Morgan fingerprint density at radius 2 is 2.16 bits per heavy atom. The number of rotatable bonds is 4. The fraction of sp³-hybridized carbons (Fsp3) is 0.167. The van der Waals surface area contributed by atoms with Crippen molar-refractivity contribution in [2.45, 2.75) is 13.2 Å². The van der Waals surface area contributed by atoms with Crippen molar-refractivity contribution in [2.24, 2.45) is 0 Å². The lowest BCUT2D eigenvalue weighted by Crippen LogP contribution is -2.39. The minimum atomic E-state index is -0.471. The van der Waals surface area contributed by atoms with E-state index in [-0.39, 0.29) is 6.03 Å². The normalized spacial score (nSPS) is 11.7. The molecule has 2 amide bonds. The predicted octanol–water partition coefficient (Wildman–Crippen LogP) is 3.34. The molecule has 1 unspecified atom stereocenters. The summed E-state index contributed by atoms with van der Waals surface area (Å²) in [7, 11) is 0. The average molecular weight is 298 g/mol. The molecule has 0 fully saturated rings. The number of anilines is 1. The van der Waals surface area contributed by atoms with Crippen molar-refractivity contribution in [1.82, 2.24) is 10.3 Å². The third kappa shape index (κ3) is 4.42. The number of halogens is 1. The zero-order valence-corrected chi connectivity index (χ0v) is 11.7. The number of benzene rings is 1. The van der Waals surface area contributed by atoms with Gasteiger partial charge in [-0.3, -0.25) is 5.32 Å². The van der Waals surface area contributed by atoms with E-state index in [2.05, 4.69) is 15.6 Å². The standard InChI is InChI=1S/C12H12ClN3O2S/c1-8(18-10-4-2-9(13)3-5-10)15-11(17)16-12-14-6-7-19-12/h2-8H,1H3,(H2,14,15,16,17). The molecule has 0 aliphatic heterocycles. The molecule has 19 heavy (non-hydrogen) atoms. The van der Waals surface area contributed by atoms with E-state index in [9.17, 15) is 4.79 Å². The molecule has 2 aromatic rings. The van der Waals surface area contributed by atoms with Gasteiger partial charge in [0.2, 0.25) is 0 Å². The van der Waals surface area contributed by atoms with Crippen LogP contribution in [0.3, 0.4) is 0 Å². The summed E-state index contributed by atoms with van der Waals surface area (Å²) in [4.78, 5) is 15.6. The molecule has 7 heteroatoms. The van der Waals surface area contributed by atoms with Crippen LogP contribution in [0.4, 0.5) is 9.93 Å². The molecule has 0 bridgehead atoms. The van der Waals surface area contributed by atoms with Crippen molar-refractivity contribution in [1.29, 1.82) is 0 Å². The van der Waals surface area contributed by atoms with E-state index in [1.54, 1.807) is 42.8 Å². The molecule has 2 N–H and O–H groups in total. The summed E-state index contributed by atoms with van der Waals surface area (Å²) >= 11 is 7.12. The largest absolute Gasteiger partial charge is 0.471 e. The SMILES string of the molecule is CC(NC(=O)Nc1nccs1)Oc1ccc(Cl)cc1. The second-order valence-corrected chi connectivity index (χ2v) is 4.98. The Bertz CT molecular complexity index is 530. The fourth-order valence-electron chi connectivity index (χ4n) is 1.35. The quantitative estimate of drug-likeness (QED) is 0.851. The number of hydrogen-bond acceptors (Lipinski definition) is 4. The first-order valence-electron chi connectivity index (χ1n) is 5.53. The van der Waals surface area contributed by atoms with Crippen LogP contribution in [-0.4, -0.2) is 17.2 Å². The van der Waals surface area contributed by atoms with E-state index in [1.165, 1.54) is 11.3 Å². The molecule has 1 aromatic heterocycles. The van der Waals surface area contributed by atoms with Gasteiger partial charge in [0.05, 0.1) is 0 Å². The summed E-state index contributed by atoms with van der Waals surface area (Å²) < 4.78 is 5.51.